The molecule has 0 bridgehead atoms. The maximum atomic E-state index is 12.6. The summed E-state index contributed by atoms with van der Waals surface area (Å²) in [5, 5.41) is 7.33. The molecule has 0 spiro atoms. The zero-order valence-corrected chi connectivity index (χ0v) is 18.4. The third kappa shape index (κ3) is 4.01. The van der Waals surface area contributed by atoms with Crippen molar-refractivity contribution in [2.24, 2.45) is 0 Å². The predicted molar refractivity (Wildman–Crippen MR) is 127 cm³/mol. The number of rotatable bonds is 4. The van der Waals surface area contributed by atoms with E-state index >= 15 is 0 Å². The van der Waals surface area contributed by atoms with Crippen LogP contribution in [0.25, 0.3) is 17.3 Å². The van der Waals surface area contributed by atoms with Gasteiger partial charge in [-0.2, -0.15) is 0 Å². The summed E-state index contributed by atoms with van der Waals surface area (Å²) in [6, 6.07) is 12.4. The minimum Gasteiger partial charge on any atom is -0.340 e. The van der Waals surface area contributed by atoms with E-state index in [1.807, 2.05) is 31.3 Å². The number of carbonyl (C=O) groups excluding carboxylic acids is 1. The highest BCUT2D eigenvalue weighted by Crippen LogP contribution is 2.32. The Bertz CT molecular complexity index is 1180. The van der Waals surface area contributed by atoms with Crippen LogP contribution in [-0.2, 0) is 0 Å². The number of pyridine rings is 2. The lowest BCUT2D eigenvalue weighted by atomic mass is 9.89. The molecule has 1 radical (unpaired) electrons. The van der Waals surface area contributed by atoms with Gasteiger partial charge in [0.15, 0.2) is 0 Å². The summed E-state index contributed by atoms with van der Waals surface area (Å²) in [7, 11) is 2.18. The summed E-state index contributed by atoms with van der Waals surface area (Å²) >= 11 is 0. The van der Waals surface area contributed by atoms with Gasteiger partial charge < -0.3 is 10.2 Å². The van der Waals surface area contributed by atoms with Crippen molar-refractivity contribution < 1.29 is 4.79 Å². The van der Waals surface area contributed by atoms with Gasteiger partial charge in [0.1, 0.15) is 5.82 Å². The molecule has 2 aromatic heterocycles. The van der Waals surface area contributed by atoms with Gasteiger partial charge in [0.25, 0.3) is 5.91 Å². The topological polar surface area (TPSA) is 72.2 Å². The van der Waals surface area contributed by atoms with Gasteiger partial charge in [-0.1, -0.05) is 12.1 Å². The summed E-state index contributed by atoms with van der Waals surface area (Å²) in [5.74, 6) is 0.842. The molecular weight excluding hydrogens is 398 g/mol. The molecule has 161 valence electrons. The molecule has 2 aliphatic rings. The molecule has 3 aromatic rings. The first-order valence-corrected chi connectivity index (χ1v) is 11.0. The van der Waals surface area contributed by atoms with E-state index in [0.717, 1.165) is 41.2 Å². The van der Waals surface area contributed by atoms with Crippen molar-refractivity contribution >= 4 is 23.5 Å². The maximum Gasteiger partial charge on any atom is 0.281 e. The Hall–Kier alpha value is -3.51. The van der Waals surface area contributed by atoms with Gasteiger partial charge >= 0.3 is 0 Å². The second-order valence-electron chi connectivity index (χ2n) is 8.59. The third-order valence-electron chi connectivity index (χ3n) is 6.39. The SMILES string of the molecule is Cc1ccncc1-c1cc2c(c(Nc3ccc(C4CCN(C)CC4)cc3)n1)C(=O)[N]C=C2. The van der Waals surface area contributed by atoms with E-state index in [4.69, 9.17) is 4.98 Å². The largest absolute Gasteiger partial charge is 0.340 e. The molecule has 1 fully saturated rings. The van der Waals surface area contributed by atoms with Gasteiger partial charge in [0.2, 0.25) is 0 Å². The Morgan fingerprint density at radius 1 is 1.09 bits per heavy atom. The van der Waals surface area contributed by atoms with Crippen LogP contribution in [0, 0.1) is 6.92 Å². The number of piperidine rings is 1. The Morgan fingerprint density at radius 3 is 2.62 bits per heavy atom. The number of aromatic nitrogens is 2. The molecule has 4 heterocycles. The van der Waals surface area contributed by atoms with Crippen LogP contribution in [0.1, 0.15) is 45.8 Å². The number of carbonyl (C=O) groups is 1. The highest BCUT2D eigenvalue weighted by atomic mass is 16.1. The van der Waals surface area contributed by atoms with Crippen LogP contribution in [-0.4, -0.2) is 40.9 Å². The molecule has 2 aliphatic heterocycles. The number of likely N-dealkylation sites (tertiary alicyclic amines) is 1. The zero-order valence-electron chi connectivity index (χ0n) is 18.4. The molecule has 1 N–H and O–H groups in total. The molecule has 0 unspecified atom stereocenters. The van der Waals surface area contributed by atoms with E-state index in [9.17, 15) is 4.79 Å². The summed E-state index contributed by atoms with van der Waals surface area (Å²) < 4.78 is 0. The minimum atomic E-state index is -0.282. The number of benzene rings is 1. The molecule has 1 saturated heterocycles. The van der Waals surface area contributed by atoms with Crippen LogP contribution >= 0.6 is 0 Å². The fourth-order valence-corrected chi connectivity index (χ4v) is 4.45. The highest BCUT2D eigenvalue weighted by Gasteiger charge is 2.23. The second kappa shape index (κ2) is 8.55. The number of nitrogens with zero attached hydrogens (tertiary/aromatic N) is 4. The Labute approximate surface area is 188 Å². The summed E-state index contributed by atoms with van der Waals surface area (Å²) in [5.41, 5.74) is 6.38. The lowest BCUT2D eigenvalue weighted by molar-refractivity contribution is 0.0965. The number of anilines is 2. The van der Waals surface area contributed by atoms with Crippen LogP contribution in [0.3, 0.4) is 0 Å². The smallest absolute Gasteiger partial charge is 0.281 e. The summed E-state index contributed by atoms with van der Waals surface area (Å²) in [4.78, 5) is 24.0. The van der Waals surface area contributed by atoms with Crippen molar-refractivity contribution in [3.63, 3.8) is 0 Å². The number of hydrogen-bond acceptors (Lipinski definition) is 5. The standard InChI is InChI=1S/C26H26N5O/c1-17-7-11-27-16-22(17)23-15-20-8-12-28-26(32)24(20)25(30-23)29-21-5-3-18(4-6-21)19-9-13-31(2)14-10-19/h3-8,11-12,15-16,19H,9-10,13-14H2,1-2H3,(H,29,30). The number of nitrogens with one attached hydrogen (secondary N) is 1. The molecule has 0 atom stereocenters. The van der Waals surface area contributed by atoms with Gasteiger partial charge in [-0.15, -0.1) is 0 Å². The van der Waals surface area contributed by atoms with Crippen molar-refractivity contribution in [3.05, 3.63) is 77.2 Å². The molecule has 0 saturated carbocycles. The van der Waals surface area contributed by atoms with Crippen molar-refractivity contribution in [1.82, 2.24) is 20.2 Å². The molecule has 5 rings (SSSR count). The van der Waals surface area contributed by atoms with Crippen LogP contribution in [0.2, 0.25) is 0 Å². The lowest BCUT2D eigenvalue weighted by Gasteiger charge is -2.29. The third-order valence-corrected chi connectivity index (χ3v) is 6.39. The Morgan fingerprint density at radius 2 is 1.88 bits per heavy atom. The van der Waals surface area contributed by atoms with E-state index < -0.39 is 0 Å². The summed E-state index contributed by atoms with van der Waals surface area (Å²) in [6.07, 6.45) is 9.35. The van der Waals surface area contributed by atoms with E-state index in [-0.39, 0.29) is 5.91 Å². The van der Waals surface area contributed by atoms with Crippen LogP contribution in [0.4, 0.5) is 11.5 Å². The van der Waals surface area contributed by atoms with Gasteiger partial charge in [-0.05, 0) is 92.9 Å². The monoisotopic (exact) mass is 424 g/mol. The predicted octanol–water partition coefficient (Wildman–Crippen LogP) is 4.73. The van der Waals surface area contributed by atoms with E-state index in [2.05, 4.69) is 51.8 Å². The quantitative estimate of drug-likeness (QED) is 0.655. The Balaban J connectivity index is 1.47. The molecule has 6 nitrogen and oxygen atoms in total. The Kier molecular flexibility index (Phi) is 5.45. The van der Waals surface area contributed by atoms with E-state index in [0.29, 0.717) is 17.3 Å². The van der Waals surface area contributed by atoms with Gasteiger partial charge in [0.05, 0.1) is 11.3 Å². The average Bonchev–Trinajstić information content (AvgIpc) is 2.80. The fraction of sp³-hybridized carbons (Fsp3) is 0.269. The summed E-state index contributed by atoms with van der Waals surface area (Å²) in [6.45, 7) is 4.31. The van der Waals surface area contributed by atoms with Crippen LogP contribution in [0.5, 0.6) is 0 Å². The minimum absolute atomic E-state index is 0.282. The molecule has 0 aliphatic carbocycles. The first-order valence-electron chi connectivity index (χ1n) is 11.0. The zero-order chi connectivity index (χ0) is 22.1. The van der Waals surface area contributed by atoms with E-state index in [1.165, 1.54) is 18.4 Å². The van der Waals surface area contributed by atoms with Gasteiger partial charge in [-0.3, -0.25) is 9.78 Å². The average molecular weight is 425 g/mol. The van der Waals surface area contributed by atoms with Crippen LogP contribution in [0.15, 0.2) is 55.0 Å². The van der Waals surface area contributed by atoms with Gasteiger partial charge in [0, 0.05) is 29.8 Å². The van der Waals surface area contributed by atoms with Crippen LogP contribution < -0.4 is 10.6 Å². The second-order valence-corrected chi connectivity index (χ2v) is 8.59. The van der Waals surface area contributed by atoms with Crippen molar-refractivity contribution in [2.75, 3.05) is 25.5 Å². The first-order chi connectivity index (χ1) is 15.6. The van der Waals surface area contributed by atoms with Crippen molar-refractivity contribution in [1.29, 1.82) is 0 Å². The van der Waals surface area contributed by atoms with Gasteiger partial charge in [-0.25, -0.2) is 10.3 Å². The normalized spacial score (nSPS) is 16.5. The number of hydrogen-bond donors (Lipinski definition) is 1. The molecule has 1 aromatic carbocycles. The highest BCUT2D eigenvalue weighted by molar-refractivity contribution is 6.05. The van der Waals surface area contributed by atoms with E-state index in [1.54, 1.807) is 12.4 Å². The lowest BCUT2D eigenvalue weighted by Crippen LogP contribution is -2.29. The molecule has 6 heteroatoms. The maximum absolute atomic E-state index is 12.6. The number of aryl methyl sites for hydroxylation is 1. The van der Waals surface area contributed by atoms with Crippen molar-refractivity contribution in [3.8, 4) is 11.3 Å². The molecule has 32 heavy (non-hydrogen) atoms. The molecular formula is C26H26N5O. The molecule has 1 amide bonds. The fourth-order valence-electron chi connectivity index (χ4n) is 4.45. The first kappa shape index (κ1) is 20.4. The van der Waals surface area contributed by atoms with Crippen molar-refractivity contribution in [2.45, 2.75) is 25.7 Å². The number of amides is 1. The number of fused-ring (bicyclic) bond motifs is 1.